The second-order valence-electron chi connectivity index (χ2n) is 7.60. The van der Waals surface area contributed by atoms with Gasteiger partial charge in [0.05, 0.1) is 17.3 Å². The Morgan fingerprint density at radius 3 is 2.59 bits per heavy atom. The predicted octanol–water partition coefficient (Wildman–Crippen LogP) is 5.94. The number of nitrogens with zero attached hydrogens (tertiary/aromatic N) is 1. The molecule has 0 spiro atoms. The Bertz CT molecular complexity index is 1390. The predicted molar refractivity (Wildman–Crippen MR) is 128 cm³/mol. The molecule has 4 aromatic rings. The van der Waals surface area contributed by atoms with E-state index in [1.807, 2.05) is 24.3 Å². The van der Waals surface area contributed by atoms with Crippen LogP contribution >= 0.6 is 11.6 Å². The van der Waals surface area contributed by atoms with Crippen LogP contribution in [0.25, 0.3) is 23.1 Å². The maximum Gasteiger partial charge on any atom is 0.335 e. The Kier molecular flexibility index (Phi) is 6.86. The molecule has 172 valence electrons. The summed E-state index contributed by atoms with van der Waals surface area (Å²) in [7, 11) is 0. The molecule has 0 radical (unpaired) electrons. The molecule has 0 saturated carbocycles. The van der Waals surface area contributed by atoms with Gasteiger partial charge in [-0.1, -0.05) is 41.9 Å². The average Bonchev–Trinajstić information content (AvgIpc) is 2.82. The Hall–Kier alpha value is -3.81. The molecule has 0 amide bonds. The summed E-state index contributed by atoms with van der Waals surface area (Å²) in [6.45, 7) is 0. The van der Waals surface area contributed by atoms with Crippen LogP contribution in [0.5, 0.6) is 0 Å². The van der Waals surface area contributed by atoms with E-state index in [9.17, 15) is 23.8 Å². The molecule has 0 bridgehead atoms. The smallest absolute Gasteiger partial charge is 0.335 e. The Morgan fingerprint density at radius 1 is 1.00 bits per heavy atom. The highest BCUT2D eigenvalue weighted by Crippen LogP contribution is 2.27. The third-order valence-corrected chi connectivity index (χ3v) is 5.43. The molecule has 4 rings (SSSR count). The maximum absolute atomic E-state index is 14.3. The number of rotatable bonds is 7. The average molecular weight is 481 g/mol. The zero-order valence-corrected chi connectivity index (χ0v) is 18.4. The van der Waals surface area contributed by atoms with E-state index < -0.39 is 29.7 Å². The van der Waals surface area contributed by atoms with Gasteiger partial charge < -0.3 is 15.5 Å². The summed E-state index contributed by atoms with van der Waals surface area (Å²) < 4.78 is 28.0. The summed E-state index contributed by atoms with van der Waals surface area (Å²) in [5, 5.41) is 23.8. The van der Waals surface area contributed by atoms with E-state index in [-0.39, 0.29) is 5.56 Å². The monoisotopic (exact) mass is 480 g/mol. The molecule has 0 aliphatic rings. The molecule has 1 aromatic heterocycles. The van der Waals surface area contributed by atoms with Gasteiger partial charge in [-0.15, -0.1) is 0 Å². The SMILES string of the molecule is O=C(O)C(O)C(Nc1cccc(/C=C/c2ccc3ccc(Cl)cc3n2)c1)c1cc(F)ccc1F. The van der Waals surface area contributed by atoms with Crippen LogP contribution in [0.15, 0.2) is 72.8 Å². The van der Waals surface area contributed by atoms with Crippen LogP contribution in [-0.2, 0) is 4.79 Å². The third kappa shape index (κ3) is 5.39. The van der Waals surface area contributed by atoms with Gasteiger partial charge >= 0.3 is 5.97 Å². The Labute approximate surface area is 199 Å². The van der Waals surface area contributed by atoms with Crippen LogP contribution in [0.3, 0.4) is 0 Å². The molecular formula is C26H19ClF2N2O3. The summed E-state index contributed by atoms with van der Waals surface area (Å²) in [4.78, 5) is 16.0. The lowest BCUT2D eigenvalue weighted by Crippen LogP contribution is -2.33. The highest BCUT2D eigenvalue weighted by molar-refractivity contribution is 6.31. The minimum Gasteiger partial charge on any atom is -0.479 e. The van der Waals surface area contributed by atoms with Gasteiger partial charge in [0.25, 0.3) is 0 Å². The molecule has 0 aliphatic heterocycles. The van der Waals surface area contributed by atoms with Gasteiger partial charge in [-0.25, -0.2) is 18.6 Å². The molecule has 0 aliphatic carbocycles. The molecule has 8 heteroatoms. The Morgan fingerprint density at radius 2 is 1.79 bits per heavy atom. The summed E-state index contributed by atoms with van der Waals surface area (Å²) >= 11 is 6.04. The number of pyridine rings is 1. The number of aliphatic hydroxyl groups excluding tert-OH is 1. The molecule has 2 atom stereocenters. The lowest BCUT2D eigenvalue weighted by Gasteiger charge is -2.23. The molecule has 0 fully saturated rings. The number of hydrogen-bond acceptors (Lipinski definition) is 4. The minimum atomic E-state index is -2.01. The number of aliphatic carboxylic acids is 1. The van der Waals surface area contributed by atoms with Crippen LogP contribution in [0.1, 0.15) is 22.9 Å². The standard InChI is InChI=1S/C26H19ClF2N2O3/c27-17-7-5-16-6-10-19(30-23(16)13-17)9-4-15-2-1-3-20(12-15)31-24(25(32)26(33)34)21-14-18(28)8-11-22(21)29/h1-14,24-25,31-32H,(H,33,34)/b9-4+. The fourth-order valence-corrected chi connectivity index (χ4v) is 3.68. The van der Waals surface area contributed by atoms with Crippen LogP contribution in [0.4, 0.5) is 14.5 Å². The first-order valence-corrected chi connectivity index (χ1v) is 10.6. The molecule has 5 nitrogen and oxygen atoms in total. The van der Waals surface area contributed by atoms with Gasteiger partial charge in [0, 0.05) is 21.7 Å². The van der Waals surface area contributed by atoms with Crippen molar-refractivity contribution in [1.29, 1.82) is 0 Å². The third-order valence-electron chi connectivity index (χ3n) is 5.19. The van der Waals surface area contributed by atoms with E-state index in [1.165, 1.54) is 0 Å². The van der Waals surface area contributed by atoms with Crippen molar-refractivity contribution in [3.63, 3.8) is 0 Å². The van der Waals surface area contributed by atoms with Crippen molar-refractivity contribution >= 4 is 46.3 Å². The number of hydrogen-bond donors (Lipinski definition) is 3. The van der Waals surface area contributed by atoms with E-state index in [4.69, 9.17) is 11.6 Å². The zero-order valence-electron chi connectivity index (χ0n) is 17.6. The van der Waals surface area contributed by atoms with Gasteiger partial charge in [0.1, 0.15) is 11.6 Å². The summed E-state index contributed by atoms with van der Waals surface area (Å²) in [5.41, 5.74) is 2.31. The molecule has 2 unspecified atom stereocenters. The second-order valence-corrected chi connectivity index (χ2v) is 8.04. The van der Waals surface area contributed by atoms with E-state index in [0.29, 0.717) is 16.4 Å². The van der Waals surface area contributed by atoms with Crippen molar-refractivity contribution in [2.24, 2.45) is 0 Å². The first kappa shape index (κ1) is 23.4. The number of carboxylic acid groups (broad SMARTS) is 1. The van der Waals surface area contributed by atoms with E-state index in [0.717, 1.165) is 34.7 Å². The fourth-order valence-electron chi connectivity index (χ4n) is 3.51. The first-order valence-electron chi connectivity index (χ1n) is 10.3. The normalized spacial score (nSPS) is 13.2. The van der Waals surface area contributed by atoms with Crippen LogP contribution < -0.4 is 5.32 Å². The van der Waals surface area contributed by atoms with Gasteiger partial charge in [-0.05, 0) is 60.2 Å². The lowest BCUT2D eigenvalue weighted by atomic mass is 9.99. The quantitative estimate of drug-likeness (QED) is 0.305. The molecule has 34 heavy (non-hydrogen) atoms. The highest BCUT2D eigenvalue weighted by Gasteiger charge is 2.30. The minimum absolute atomic E-state index is 0.296. The van der Waals surface area contributed by atoms with Crippen molar-refractivity contribution in [3.8, 4) is 0 Å². The van der Waals surface area contributed by atoms with Crippen molar-refractivity contribution in [3.05, 3.63) is 106 Å². The van der Waals surface area contributed by atoms with Crippen LogP contribution in [-0.4, -0.2) is 27.3 Å². The summed E-state index contributed by atoms with van der Waals surface area (Å²) in [5.74, 6) is -3.15. The van der Waals surface area contributed by atoms with E-state index in [1.54, 1.807) is 42.5 Å². The summed E-state index contributed by atoms with van der Waals surface area (Å²) in [6, 6.07) is 17.3. The Balaban J connectivity index is 1.60. The number of anilines is 1. The van der Waals surface area contributed by atoms with Crippen molar-refractivity contribution in [2.45, 2.75) is 12.1 Å². The number of carboxylic acids is 1. The summed E-state index contributed by atoms with van der Waals surface area (Å²) in [6.07, 6.45) is 1.59. The van der Waals surface area contributed by atoms with Crippen molar-refractivity contribution < 1.29 is 23.8 Å². The van der Waals surface area contributed by atoms with Gasteiger partial charge in [0.15, 0.2) is 6.10 Å². The largest absolute Gasteiger partial charge is 0.479 e. The van der Waals surface area contributed by atoms with Crippen LogP contribution in [0, 0.1) is 11.6 Å². The number of carbonyl (C=O) groups is 1. The first-order chi connectivity index (χ1) is 16.3. The molecule has 0 saturated heterocycles. The molecular weight excluding hydrogens is 462 g/mol. The topological polar surface area (TPSA) is 82.5 Å². The highest BCUT2D eigenvalue weighted by atomic mass is 35.5. The van der Waals surface area contributed by atoms with E-state index >= 15 is 0 Å². The van der Waals surface area contributed by atoms with Crippen molar-refractivity contribution in [1.82, 2.24) is 4.98 Å². The zero-order chi connectivity index (χ0) is 24.2. The number of fused-ring (bicyclic) bond motifs is 1. The maximum atomic E-state index is 14.3. The van der Waals surface area contributed by atoms with Gasteiger partial charge in [0.2, 0.25) is 0 Å². The second kappa shape index (κ2) is 9.99. The number of aliphatic hydroxyl groups is 1. The molecule has 1 heterocycles. The van der Waals surface area contributed by atoms with Crippen LogP contribution in [0.2, 0.25) is 5.02 Å². The molecule has 3 N–H and O–H groups in total. The van der Waals surface area contributed by atoms with E-state index in [2.05, 4.69) is 10.3 Å². The number of halogens is 3. The number of nitrogens with one attached hydrogen (secondary N) is 1. The van der Waals surface area contributed by atoms with Gasteiger partial charge in [-0.3, -0.25) is 0 Å². The fraction of sp³-hybridized carbons (Fsp3) is 0.0769. The molecule has 3 aromatic carbocycles. The van der Waals surface area contributed by atoms with Crippen molar-refractivity contribution in [2.75, 3.05) is 5.32 Å². The lowest BCUT2D eigenvalue weighted by molar-refractivity contribution is -0.147. The number of aromatic nitrogens is 1. The van der Waals surface area contributed by atoms with Gasteiger partial charge in [-0.2, -0.15) is 0 Å². The number of benzene rings is 3.